The van der Waals surface area contributed by atoms with Gasteiger partial charge >= 0.3 is 6.18 Å². The normalized spacial score (nSPS) is 16.3. The lowest BCUT2D eigenvalue weighted by Gasteiger charge is -2.05. The Labute approximate surface area is 115 Å². The first-order valence-electron chi connectivity index (χ1n) is 6.61. The van der Waals surface area contributed by atoms with E-state index in [1.54, 1.807) is 0 Å². The predicted molar refractivity (Wildman–Crippen MR) is 70.3 cm³/mol. The van der Waals surface area contributed by atoms with E-state index in [4.69, 9.17) is 0 Å². The van der Waals surface area contributed by atoms with Crippen molar-refractivity contribution < 1.29 is 13.2 Å². The molecule has 0 saturated heterocycles. The Kier molecular flexibility index (Phi) is 4.50. The van der Waals surface area contributed by atoms with E-state index in [2.05, 4.69) is 24.1 Å². The number of nitrogens with zero attached hydrogens (tertiary/aromatic N) is 1. The minimum absolute atomic E-state index is 0.191. The zero-order chi connectivity index (χ0) is 14.0. The molecule has 1 aromatic heterocycles. The summed E-state index contributed by atoms with van der Waals surface area (Å²) in [6, 6.07) is 0.556. The van der Waals surface area contributed by atoms with E-state index < -0.39 is 12.6 Å². The molecule has 1 saturated carbocycles. The van der Waals surface area contributed by atoms with Gasteiger partial charge in [0.2, 0.25) is 0 Å². The molecule has 1 aliphatic rings. The molecule has 0 atom stereocenters. The van der Waals surface area contributed by atoms with Gasteiger partial charge in [-0.1, -0.05) is 13.8 Å². The maximum absolute atomic E-state index is 12.4. The molecule has 0 bridgehead atoms. The lowest BCUT2D eigenvalue weighted by atomic mass is 10.1. The van der Waals surface area contributed by atoms with Crippen molar-refractivity contribution in [3.63, 3.8) is 0 Å². The topological polar surface area (TPSA) is 24.9 Å². The zero-order valence-corrected chi connectivity index (χ0v) is 12.0. The Morgan fingerprint density at radius 1 is 1.37 bits per heavy atom. The first-order valence-corrected chi connectivity index (χ1v) is 7.42. The van der Waals surface area contributed by atoms with Gasteiger partial charge in [0.05, 0.1) is 12.1 Å². The van der Waals surface area contributed by atoms with Crippen molar-refractivity contribution in [2.24, 2.45) is 5.92 Å². The van der Waals surface area contributed by atoms with Gasteiger partial charge in [-0.3, -0.25) is 0 Å². The molecular weight excluding hydrogens is 273 g/mol. The van der Waals surface area contributed by atoms with E-state index in [9.17, 15) is 13.2 Å². The van der Waals surface area contributed by atoms with Crippen LogP contribution in [-0.4, -0.2) is 17.2 Å². The van der Waals surface area contributed by atoms with E-state index >= 15 is 0 Å². The minimum Gasteiger partial charge on any atom is -0.309 e. The molecule has 19 heavy (non-hydrogen) atoms. The molecule has 1 aromatic rings. The highest BCUT2D eigenvalue weighted by Crippen LogP contribution is 2.28. The Hall–Kier alpha value is -0.620. The van der Waals surface area contributed by atoms with Gasteiger partial charge < -0.3 is 5.32 Å². The molecule has 1 aliphatic carbocycles. The number of halogens is 3. The van der Waals surface area contributed by atoms with Crippen LogP contribution in [0.25, 0.3) is 0 Å². The SMILES string of the molecule is CC(C)Cc1nc(CC(F)(F)F)sc1CNC1CC1. The van der Waals surface area contributed by atoms with E-state index in [1.807, 2.05) is 0 Å². The summed E-state index contributed by atoms with van der Waals surface area (Å²) < 4.78 is 37.3. The molecule has 1 heterocycles. The number of hydrogen-bond acceptors (Lipinski definition) is 3. The Morgan fingerprint density at radius 3 is 2.58 bits per heavy atom. The summed E-state index contributed by atoms with van der Waals surface area (Å²) in [5.41, 5.74) is 0.840. The molecule has 6 heteroatoms. The van der Waals surface area contributed by atoms with Gasteiger partial charge in [0.15, 0.2) is 0 Å². The summed E-state index contributed by atoms with van der Waals surface area (Å²) in [4.78, 5) is 5.16. The second-order valence-corrected chi connectivity index (χ2v) is 6.69. The van der Waals surface area contributed by atoms with Gasteiger partial charge in [0, 0.05) is 17.5 Å². The quantitative estimate of drug-likeness (QED) is 0.865. The molecule has 0 amide bonds. The smallest absolute Gasteiger partial charge is 0.309 e. The largest absolute Gasteiger partial charge is 0.395 e. The number of aromatic nitrogens is 1. The summed E-state index contributed by atoms with van der Waals surface area (Å²) in [5, 5.41) is 3.54. The number of thiazole rings is 1. The van der Waals surface area contributed by atoms with Crippen LogP contribution in [0.5, 0.6) is 0 Å². The van der Waals surface area contributed by atoms with Crippen molar-refractivity contribution in [1.82, 2.24) is 10.3 Å². The number of alkyl halides is 3. The maximum atomic E-state index is 12.4. The molecule has 0 aromatic carbocycles. The molecule has 108 valence electrons. The van der Waals surface area contributed by atoms with Crippen LogP contribution in [0, 0.1) is 5.92 Å². The summed E-state index contributed by atoms with van der Waals surface area (Å²) in [6.07, 6.45) is -1.99. The number of nitrogens with one attached hydrogen (secondary N) is 1. The highest BCUT2D eigenvalue weighted by molar-refractivity contribution is 7.11. The van der Waals surface area contributed by atoms with Gasteiger partial charge in [-0.15, -0.1) is 11.3 Å². The van der Waals surface area contributed by atoms with Crippen molar-refractivity contribution in [2.45, 2.75) is 58.3 Å². The third kappa shape index (κ3) is 5.10. The van der Waals surface area contributed by atoms with Crippen LogP contribution in [-0.2, 0) is 19.4 Å². The first kappa shape index (κ1) is 14.8. The average molecular weight is 292 g/mol. The highest BCUT2D eigenvalue weighted by atomic mass is 32.1. The minimum atomic E-state index is -4.17. The maximum Gasteiger partial charge on any atom is 0.395 e. The van der Waals surface area contributed by atoms with Crippen molar-refractivity contribution >= 4 is 11.3 Å². The van der Waals surface area contributed by atoms with Crippen molar-refractivity contribution in [3.8, 4) is 0 Å². The van der Waals surface area contributed by atoms with Gasteiger partial charge in [-0.05, 0) is 25.2 Å². The molecule has 0 aliphatic heterocycles. The lowest BCUT2D eigenvalue weighted by molar-refractivity contribution is -0.127. The Balaban J connectivity index is 2.07. The summed E-state index contributed by atoms with van der Waals surface area (Å²) in [7, 11) is 0. The summed E-state index contributed by atoms with van der Waals surface area (Å²) in [5.74, 6) is 0.403. The molecule has 0 unspecified atom stereocenters. The Bertz CT molecular complexity index is 422. The fourth-order valence-corrected chi connectivity index (χ4v) is 2.97. The molecule has 1 N–H and O–H groups in total. The zero-order valence-electron chi connectivity index (χ0n) is 11.2. The third-order valence-electron chi connectivity index (χ3n) is 2.90. The monoisotopic (exact) mass is 292 g/mol. The van der Waals surface area contributed by atoms with Crippen LogP contribution < -0.4 is 5.32 Å². The molecular formula is C13H19F3N2S. The standard InChI is InChI=1S/C13H19F3N2S/c1-8(2)5-10-11(7-17-9-3-4-9)19-12(18-10)6-13(14,15)16/h8-9,17H,3-7H2,1-2H3. The van der Waals surface area contributed by atoms with Crippen LogP contribution in [0.2, 0.25) is 0 Å². The van der Waals surface area contributed by atoms with E-state index in [1.165, 1.54) is 24.2 Å². The summed E-state index contributed by atoms with van der Waals surface area (Å²) >= 11 is 1.20. The number of rotatable bonds is 6. The van der Waals surface area contributed by atoms with Crippen LogP contribution in [0.3, 0.4) is 0 Å². The second kappa shape index (κ2) is 5.79. The molecule has 0 spiro atoms. The first-order chi connectivity index (χ1) is 8.83. The van der Waals surface area contributed by atoms with Crippen LogP contribution >= 0.6 is 11.3 Å². The highest BCUT2D eigenvalue weighted by Gasteiger charge is 2.30. The fourth-order valence-electron chi connectivity index (χ4n) is 1.89. The lowest BCUT2D eigenvalue weighted by Crippen LogP contribution is -2.15. The van der Waals surface area contributed by atoms with Crippen molar-refractivity contribution in [2.75, 3.05) is 0 Å². The van der Waals surface area contributed by atoms with Gasteiger partial charge in [-0.25, -0.2) is 4.98 Å². The van der Waals surface area contributed by atoms with Crippen LogP contribution in [0.15, 0.2) is 0 Å². The molecule has 2 rings (SSSR count). The van der Waals surface area contributed by atoms with Crippen molar-refractivity contribution in [1.29, 1.82) is 0 Å². The second-order valence-electron chi connectivity index (χ2n) is 5.52. The Morgan fingerprint density at radius 2 is 2.05 bits per heavy atom. The molecule has 2 nitrogen and oxygen atoms in total. The van der Waals surface area contributed by atoms with E-state index in [-0.39, 0.29) is 5.01 Å². The van der Waals surface area contributed by atoms with E-state index in [0.717, 1.165) is 17.0 Å². The fraction of sp³-hybridized carbons (Fsp3) is 0.769. The third-order valence-corrected chi connectivity index (χ3v) is 4.00. The van der Waals surface area contributed by atoms with E-state index in [0.29, 0.717) is 18.5 Å². The number of hydrogen-bond donors (Lipinski definition) is 1. The van der Waals surface area contributed by atoms with Crippen molar-refractivity contribution in [3.05, 3.63) is 15.6 Å². The average Bonchev–Trinajstić information content (AvgIpc) is 2.98. The van der Waals surface area contributed by atoms with Gasteiger partial charge in [0.25, 0.3) is 0 Å². The predicted octanol–water partition coefficient (Wildman–Crippen LogP) is 3.70. The van der Waals surface area contributed by atoms with Gasteiger partial charge in [-0.2, -0.15) is 13.2 Å². The molecule has 1 fully saturated rings. The van der Waals surface area contributed by atoms with Crippen LogP contribution in [0.1, 0.15) is 42.3 Å². The summed E-state index contributed by atoms with van der Waals surface area (Å²) in [6.45, 7) is 4.77. The molecule has 0 radical (unpaired) electrons. The van der Waals surface area contributed by atoms with Gasteiger partial charge in [0.1, 0.15) is 5.01 Å². The van der Waals surface area contributed by atoms with Crippen LogP contribution in [0.4, 0.5) is 13.2 Å².